The highest BCUT2D eigenvalue weighted by atomic mass is 31.2. The number of esters is 1. The van der Waals surface area contributed by atoms with Crippen molar-refractivity contribution in [2.24, 2.45) is 0 Å². The van der Waals surface area contributed by atoms with Gasteiger partial charge in [-0.05, 0) is 63.8 Å². The van der Waals surface area contributed by atoms with E-state index in [1.165, 1.54) is 0 Å². The van der Waals surface area contributed by atoms with E-state index < -0.39 is 24.2 Å². The fraction of sp³-hybridized carbons (Fsp3) is 0.464. The lowest BCUT2D eigenvalue weighted by Gasteiger charge is -2.23. The highest BCUT2D eigenvalue weighted by Crippen LogP contribution is 2.54. The van der Waals surface area contributed by atoms with Crippen molar-refractivity contribution in [1.29, 1.82) is 0 Å². The number of carbonyl (C=O) groups excluding carboxylic acids is 3. The Labute approximate surface area is 209 Å². The molecule has 0 unspecified atom stereocenters. The molecule has 0 N–H and O–H groups in total. The van der Waals surface area contributed by atoms with Crippen molar-refractivity contribution in [2.45, 2.75) is 48.0 Å². The molecular weight excluding hydrogens is 461 g/mol. The molecule has 0 spiro atoms. The topological polar surface area (TPSA) is 77.5 Å². The van der Waals surface area contributed by atoms with Gasteiger partial charge in [0.15, 0.2) is 0 Å². The van der Waals surface area contributed by atoms with Gasteiger partial charge in [0, 0.05) is 17.3 Å². The number of hydrogen-bond donors (Lipinski definition) is 0. The first kappa shape index (κ1) is 28.7. The van der Waals surface area contributed by atoms with Crippen molar-refractivity contribution < 1.29 is 28.2 Å². The molecule has 2 rings (SSSR count). The maximum Gasteiger partial charge on any atom is 0.306 e. The van der Waals surface area contributed by atoms with Crippen LogP contribution in [0.3, 0.4) is 0 Å². The number of hydrogen-bond acceptors (Lipinski definition) is 5. The van der Waals surface area contributed by atoms with Crippen LogP contribution in [0.15, 0.2) is 24.3 Å². The molecule has 0 saturated carbocycles. The molecule has 0 aliphatic heterocycles. The van der Waals surface area contributed by atoms with Crippen LogP contribution in [0.25, 0.3) is 0 Å². The normalized spacial score (nSPS) is 11.9. The number of quaternary nitrogens is 1. The minimum absolute atomic E-state index is 0.209. The number of rotatable bonds is 10. The molecule has 2 aromatic rings. The molecule has 6 nitrogen and oxygen atoms in total. The molecule has 0 fully saturated rings. The van der Waals surface area contributed by atoms with Gasteiger partial charge < -0.3 is 13.8 Å². The smallest absolute Gasteiger partial charge is 0.306 e. The number of benzene rings is 2. The molecule has 7 heteroatoms. The molecule has 0 aliphatic rings. The van der Waals surface area contributed by atoms with Crippen LogP contribution in [0.4, 0.5) is 0 Å². The highest BCUT2D eigenvalue weighted by molar-refractivity contribution is 7.95. The van der Waals surface area contributed by atoms with Crippen LogP contribution >= 0.6 is 7.14 Å². The Kier molecular flexibility index (Phi) is 9.02. The summed E-state index contributed by atoms with van der Waals surface area (Å²) in [6, 6.07) is 7.37. The van der Waals surface area contributed by atoms with E-state index in [-0.39, 0.29) is 19.2 Å². The predicted octanol–water partition coefficient (Wildman–Crippen LogP) is 5.52. The molecule has 0 amide bonds. The summed E-state index contributed by atoms with van der Waals surface area (Å²) >= 11 is 0. The fourth-order valence-electron chi connectivity index (χ4n) is 4.45. The average molecular weight is 501 g/mol. The number of ether oxygens (including phenoxy) is 1. The third kappa shape index (κ3) is 6.99. The van der Waals surface area contributed by atoms with Crippen molar-refractivity contribution in [3.05, 3.63) is 68.8 Å². The summed E-state index contributed by atoms with van der Waals surface area (Å²) < 4.78 is 20.4. The van der Waals surface area contributed by atoms with Crippen LogP contribution in [0, 0.1) is 41.5 Å². The molecule has 0 aliphatic carbocycles. The third-order valence-corrected chi connectivity index (χ3v) is 8.71. The Balaban J connectivity index is 2.49. The van der Waals surface area contributed by atoms with E-state index in [0.717, 1.165) is 11.1 Å². The van der Waals surface area contributed by atoms with Crippen LogP contribution in [0.2, 0.25) is 0 Å². The summed E-state index contributed by atoms with van der Waals surface area (Å²) in [6.07, 6.45) is -0.618. The third-order valence-electron chi connectivity index (χ3n) is 6.09. The molecule has 0 heterocycles. The SMILES string of the molecule is Cc1cc(C)c(C(=O)P(=O)(CCC(=O)OCC[N+](C)(C)C)C(=O)c2c(C)cc(C)cc2C)c(C)c1. The molecule has 190 valence electrons. The standard InChI is InChI=1S/C28H39NO5P/c1-18-14-20(3)25(21(4)15-18)27(31)35(33,13-10-24(30)34-12-11-29(7,8)9)28(32)26-22(5)16-19(2)17-23(26)6/h14-17H,10-13H2,1-9H3/q+1. The predicted molar refractivity (Wildman–Crippen MR) is 141 cm³/mol. The van der Waals surface area contributed by atoms with Crippen LogP contribution in [-0.2, 0) is 14.1 Å². The summed E-state index contributed by atoms with van der Waals surface area (Å²) in [4.78, 5) is 40.2. The quantitative estimate of drug-likeness (QED) is 0.244. The fourth-order valence-corrected chi connectivity index (χ4v) is 6.96. The molecule has 0 atom stereocenters. The van der Waals surface area contributed by atoms with Crippen LogP contribution in [-0.4, -0.2) is 62.0 Å². The molecule has 2 aromatic carbocycles. The maximum atomic E-state index is 14.4. The van der Waals surface area contributed by atoms with Crippen molar-refractivity contribution in [3.8, 4) is 0 Å². The van der Waals surface area contributed by atoms with Crippen molar-refractivity contribution >= 4 is 24.2 Å². The lowest BCUT2D eigenvalue weighted by Crippen LogP contribution is -2.38. The van der Waals surface area contributed by atoms with Crippen LogP contribution in [0.5, 0.6) is 0 Å². The molecule has 35 heavy (non-hydrogen) atoms. The van der Waals surface area contributed by atoms with Crippen molar-refractivity contribution in [3.63, 3.8) is 0 Å². The molecule has 0 radical (unpaired) electrons. The molecule has 0 aromatic heterocycles. The second-order valence-corrected chi connectivity index (χ2v) is 13.3. The van der Waals surface area contributed by atoms with Crippen LogP contribution in [0.1, 0.15) is 60.5 Å². The Morgan fingerprint density at radius 2 is 1.11 bits per heavy atom. The summed E-state index contributed by atoms with van der Waals surface area (Å²) in [7, 11) is 1.77. The van der Waals surface area contributed by atoms with Gasteiger partial charge in [-0.3, -0.25) is 14.4 Å². The van der Waals surface area contributed by atoms with Gasteiger partial charge in [-0.15, -0.1) is 0 Å². The van der Waals surface area contributed by atoms with Gasteiger partial charge in [-0.1, -0.05) is 35.4 Å². The van der Waals surface area contributed by atoms with E-state index >= 15 is 0 Å². The van der Waals surface area contributed by atoms with E-state index in [1.807, 2.05) is 59.3 Å². The number of nitrogens with zero attached hydrogens (tertiary/aromatic N) is 1. The van der Waals surface area contributed by atoms with Crippen molar-refractivity contribution in [2.75, 3.05) is 40.5 Å². The second kappa shape index (κ2) is 11.0. The minimum Gasteiger partial charge on any atom is -0.460 e. The van der Waals surface area contributed by atoms with Gasteiger partial charge in [0.2, 0.25) is 18.2 Å². The number of carbonyl (C=O) groups is 3. The largest absolute Gasteiger partial charge is 0.460 e. The van der Waals surface area contributed by atoms with E-state index in [1.54, 1.807) is 27.7 Å². The summed E-state index contributed by atoms with van der Waals surface area (Å²) in [5.74, 6) is -0.561. The monoisotopic (exact) mass is 500 g/mol. The van der Waals surface area contributed by atoms with Crippen LogP contribution < -0.4 is 0 Å². The Morgan fingerprint density at radius 1 is 0.743 bits per heavy atom. The number of aryl methyl sites for hydroxylation is 6. The zero-order chi connectivity index (χ0) is 26.7. The zero-order valence-corrected chi connectivity index (χ0v) is 23.5. The van der Waals surface area contributed by atoms with Gasteiger partial charge >= 0.3 is 5.97 Å². The summed E-state index contributed by atoms with van der Waals surface area (Å²) in [6.45, 7) is 11.8. The Morgan fingerprint density at radius 3 is 1.46 bits per heavy atom. The summed E-state index contributed by atoms with van der Waals surface area (Å²) in [5.41, 5.74) is 3.86. The van der Waals surface area contributed by atoms with Gasteiger partial charge in [0.25, 0.3) is 0 Å². The zero-order valence-electron chi connectivity index (χ0n) is 22.6. The average Bonchev–Trinajstić information content (AvgIpc) is 2.69. The maximum absolute atomic E-state index is 14.4. The summed E-state index contributed by atoms with van der Waals surface area (Å²) in [5, 5.41) is 0. The van der Waals surface area contributed by atoms with E-state index in [9.17, 15) is 18.9 Å². The lowest BCUT2D eigenvalue weighted by molar-refractivity contribution is -0.870. The molecular formula is C28H39NO5P+. The Hall–Kier alpha value is -2.56. The minimum atomic E-state index is -4.18. The first-order chi connectivity index (χ1) is 16.1. The molecule has 0 bridgehead atoms. The van der Waals surface area contributed by atoms with E-state index in [2.05, 4.69) is 0 Å². The highest BCUT2D eigenvalue weighted by Gasteiger charge is 2.43. The van der Waals surface area contributed by atoms with E-state index in [4.69, 9.17) is 4.74 Å². The van der Waals surface area contributed by atoms with Gasteiger partial charge in [-0.2, -0.15) is 0 Å². The lowest BCUT2D eigenvalue weighted by atomic mass is 10.0. The number of likely N-dealkylation sites (N-methyl/N-ethyl adjacent to an activating group) is 1. The first-order valence-corrected chi connectivity index (χ1v) is 13.8. The Bertz CT molecular complexity index is 1090. The molecule has 0 saturated heterocycles. The second-order valence-electron chi connectivity index (χ2n) is 10.6. The van der Waals surface area contributed by atoms with Gasteiger partial charge in [0.05, 0.1) is 27.6 Å². The van der Waals surface area contributed by atoms with Gasteiger partial charge in [-0.25, -0.2) is 0 Å². The first-order valence-electron chi connectivity index (χ1n) is 11.9. The van der Waals surface area contributed by atoms with E-state index in [0.29, 0.717) is 44.4 Å². The van der Waals surface area contributed by atoms with Gasteiger partial charge in [0.1, 0.15) is 13.2 Å². The van der Waals surface area contributed by atoms with Crippen molar-refractivity contribution in [1.82, 2.24) is 0 Å².